The van der Waals surface area contributed by atoms with Crippen LogP contribution >= 0.6 is 0 Å². The first-order valence-corrected chi connectivity index (χ1v) is 7.65. The van der Waals surface area contributed by atoms with Crippen molar-refractivity contribution in [1.82, 2.24) is 10.2 Å². The van der Waals surface area contributed by atoms with Crippen LogP contribution in [0.3, 0.4) is 0 Å². The van der Waals surface area contributed by atoms with Crippen LogP contribution in [0.1, 0.15) is 39.5 Å². The molecule has 114 valence electrons. The molecule has 1 saturated heterocycles. The lowest BCUT2D eigenvalue weighted by atomic mass is 9.90. The lowest BCUT2D eigenvalue weighted by molar-refractivity contribution is -0.00609. The van der Waals surface area contributed by atoms with Gasteiger partial charge in [-0.05, 0) is 51.7 Å². The number of hydrogen-bond donors (Lipinski definition) is 2. The molecular formula is C15H32N2O2. The number of aliphatic hydroxyl groups excluding tert-OH is 1. The minimum Gasteiger partial charge on any atom is -0.394 e. The minimum absolute atomic E-state index is 0.0935. The largest absolute Gasteiger partial charge is 0.394 e. The molecule has 0 spiro atoms. The van der Waals surface area contributed by atoms with E-state index in [1.807, 2.05) is 14.2 Å². The first-order valence-electron chi connectivity index (χ1n) is 7.65. The highest BCUT2D eigenvalue weighted by Gasteiger charge is 2.27. The zero-order valence-electron chi connectivity index (χ0n) is 13.1. The summed E-state index contributed by atoms with van der Waals surface area (Å²) in [6.45, 7) is 7.97. The summed E-state index contributed by atoms with van der Waals surface area (Å²) < 4.78 is 5.55. The topological polar surface area (TPSA) is 44.7 Å². The third kappa shape index (κ3) is 4.71. The SMILES string of the molecule is CCC(CO)(CCCN1CCC(C)C(OC)C1)NC. The summed E-state index contributed by atoms with van der Waals surface area (Å²) in [5.41, 5.74) is -0.0935. The van der Waals surface area contributed by atoms with Gasteiger partial charge in [-0.15, -0.1) is 0 Å². The van der Waals surface area contributed by atoms with Crippen molar-refractivity contribution in [2.45, 2.75) is 51.2 Å². The van der Waals surface area contributed by atoms with Gasteiger partial charge in [-0.2, -0.15) is 0 Å². The van der Waals surface area contributed by atoms with Crippen molar-refractivity contribution in [1.29, 1.82) is 0 Å². The van der Waals surface area contributed by atoms with Crippen LogP contribution in [0.4, 0.5) is 0 Å². The van der Waals surface area contributed by atoms with Crippen LogP contribution in [0.5, 0.6) is 0 Å². The van der Waals surface area contributed by atoms with Crippen molar-refractivity contribution >= 4 is 0 Å². The van der Waals surface area contributed by atoms with Gasteiger partial charge in [-0.25, -0.2) is 0 Å². The van der Waals surface area contributed by atoms with E-state index in [9.17, 15) is 5.11 Å². The van der Waals surface area contributed by atoms with E-state index >= 15 is 0 Å². The molecule has 0 amide bonds. The summed E-state index contributed by atoms with van der Waals surface area (Å²) in [4.78, 5) is 2.50. The fraction of sp³-hybridized carbons (Fsp3) is 1.00. The van der Waals surface area contributed by atoms with Crippen molar-refractivity contribution in [3.05, 3.63) is 0 Å². The molecule has 1 rings (SSSR count). The molecule has 0 aromatic carbocycles. The number of likely N-dealkylation sites (tertiary alicyclic amines) is 1. The van der Waals surface area contributed by atoms with Gasteiger partial charge in [0.15, 0.2) is 0 Å². The molecule has 0 aliphatic carbocycles. The smallest absolute Gasteiger partial charge is 0.0724 e. The Hall–Kier alpha value is -0.160. The molecule has 4 nitrogen and oxygen atoms in total. The van der Waals surface area contributed by atoms with Crippen LogP contribution in [0.15, 0.2) is 0 Å². The Morgan fingerprint density at radius 2 is 2.21 bits per heavy atom. The number of piperidine rings is 1. The second kappa shape index (κ2) is 8.20. The number of rotatable bonds is 8. The number of methoxy groups -OCH3 is 1. The molecule has 0 saturated carbocycles. The Bertz CT molecular complexity index is 236. The van der Waals surface area contributed by atoms with E-state index in [1.54, 1.807) is 0 Å². The maximum absolute atomic E-state index is 9.53. The van der Waals surface area contributed by atoms with Crippen molar-refractivity contribution in [3.8, 4) is 0 Å². The van der Waals surface area contributed by atoms with Crippen molar-refractivity contribution < 1.29 is 9.84 Å². The highest BCUT2D eigenvalue weighted by atomic mass is 16.5. The van der Waals surface area contributed by atoms with Gasteiger partial charge in [0.05, 0.1) is 12.7 Å². The second-order valence-electron chi connectivity index (χ2n) is 5.99. The quantitative estimate of drug-likeness (QED) is 0.702. The summed E-state index contributed by atoms with van der Waals surface area (Å²) in [6, 6.07) is 0. The summed E-state index contributed by atoms with van der Waals surface area (Å²) in [5, 5.41) is 12.8. The molecule has 1 heterocycles. The number of nitrogens with one attached hydrogen (secondary N) is 1. The normalized spacial score (nSPS) is 28.3. The fourth-order valence-electron chi connectivity index (χ4n) is 3.00. The third-order valence-corrected chi connectivity index (χ3v) is 4.92. The van der Waals surface area contributed by atoms with E-state index in [0.717, 1.165) is 32.4 Å². The van der Waals surface area contributed by atoms with Crippen LogP contribution in [-0.4, -0.2) is 62.0 Å². The molecule has 3 unspecified atom stereocenters. The molecule has 1 aliphatic rings. The van der Waals surface area contributed by atoms with Gasteiger partial charge in [-0.1, -0.05) is 13.8 Å². The number of aliphatic hydroxyl groups is 1. The standard InChI is InChI=1S/C15H32N2O2/c1-5-15(12-18,16-3)8-6-9-17-10-7-13(2)14(11-17)19-4/h13-14,16,18H,5-12H2,1-4H3. The summed E-state index contributed by atoms with van der Waals surface area (Å²) in [6.07, 6.45) is 4.73. The number of hydrogen-bond acceptors (Lipinski definition) is 4. The predicted molar refractivity (Wildman–Crippen MR) is 79.4 cm³/mol. The molecule has 0 aromatic heterocycles. The minimum atomic E-state index is -0.0935. The first kappa shape index (κ1) is 16.9. The predicted octanol–water partition coefficient (Wildman–Crippen LogP) is 1.48. The molecule has 0 radical (unpaired) electrons. The van der Waals surface area contributed by atoms with Crippen molar-refractivity contribution in [2.75, 3.05) is 40.4 Å². The highest BCUT2D eigenvalue weighted by Crippen LogP contribution is 2.21. The molecule has 0 bridgehead atoms. The van der Waals surface area contributed by atoms with Gasteiger partial charge in [0, 0.05) is 19.2 Å². The summed E-state index contributed by atoms with van der Waals surface area (Å²) in [7, 11) is 3.77. The Balaban J connectivity index is 2.33. The van der Waals surface area contributed by atoms with Crippen LogP contribution < -0.4 is 5.32 Å². The van der Waals surface area contributed by atoms with Crippen LogP contribution in [0.2, 0.25) is 0 Å². The van der Waals surface area contributed by atoms with Gasteiger partial charge < -0.3 is 20.1 Å². The fourth-order valence-corrected chi connectivity index (χ4v) is 3.00. The van der Waals surface area contributed by atoms with E-state index in [2.05, 4.69) is 24.1 Å². The molecular weight excluding hydrogens is 240 g/mol. The number of likely N-dealkylation sites (N-methyl/N-ethyl adjacent to an activating group) is 1. The summed E-state index contributed by atoms with van der Waals surface area (Å²) >= 11 is 0. The van der Waals surface area contributed by atoms with Crippen molar-refractivity contribution in [3.63, 3.8) is 0 Å². The monoisotopic (exact) mass is 272 g/mol. The molecule has 4 heteroatoms. The average molecular weight is 272 g/mol. The average Bonchev–Trinajstić information content (AvgIpc) is 2.46. The van der Waals surface area contributed by atoms with E-state index in [1.165, 1.54) is 13.0 Å². The van der Waals surface area contributed by atoms with Crippen molar-refractivity contribution in [2.24, 2.45) is 5.92 Å². The van der Waals surface area contributed by atoms with E-state index < -0.39 is 0 Å². The zero-order valence-corrected chi connectivity index (χ0v) is 13.1. The van der Waals surface area contributed by atoms with Gasteiger partial charge >= 0.3 is 0 Å². The molecule has 1 fully saturated rings. The van der Waals surface area contributed by atoms with E-state index in [4.69, 9.17) is 4.74 Å². The molecule has 0 aromatic rings. The zero-order chi connectivity index (χ0) is 14.3. The lowest BCUT2D eigenvalue weighted by Crippen LogP contribution is -2.47. The lowest BCUT2D eigenvalue weighted by Gasteiger charge is -2.37. The second-order valence-corrected chi connectivity index (χ2v) is 5.99. The Morgan fingerprint density at radius 3 is 2.74 bits per heavy atom. The number of nitrogens with zero attached hydrogens (tertiary/aromatic N) is 1. The van der Waals surface area contributed by atoms with Gasteiger partial charge in [-0.3, -0.25) is 0 Å². The maximum Gasteiger partial charge on any atom is 0.0724 e. The van der Waals surface area contributed by atoms with Crippen LogP contribution in [-0.2, 0) is 4.74 Å². The van der Waals surface area contributed by atoms with E-state index in [-0.39, 0.29) is 12.1 Å². The molecule has 2 N–H and O–H groups in total. The molecule has 19 heavy (non-hydrogen) atoms. The maximum atomic E-state index is 9.53. The van der Waals surface area contributed by atoms with Crippen LogP contribution in [0.25, 0.3) is 0 Å². The first-order chi connectivity index (χ1) is 9.10. The van der Waals surface area contributed by atoms with Gasteiger partial charge in [0.25, 0.3) is 0 Å². The molecule has 3 atom stereocenters. The highest BCUT2D eigenvalue weighted by molar-refractivity contribution is 4.85. The van der Waals surface area contributed by atoms with Crippen LogP contribution in [0, 0.1) is 5.92 Å². The number of ether oxygens (including phenoxy) is 1. The Morgan fingerprint density at radius 1 is 1.47 bits per heavy atom. The summed E-state index contributed by atoms with van der Waals surface area (Å²) in [5.74, 6) is 0.672. The van der Waals surface area contributed by atoms with Gasteiger partial charge in [0.2, 0.25) is 0 Å². The Kier molecular flexibility index (Phi) is 7.29. The van der Waals surface area contributed by atoms with E-state index in [0.29, 0.717) is 12.0 Å². The Labute approximate surface area is 118 Å². The third-order valence-electron chi connectivity index (χ3n) is 4.92. The molecule has 1 aliphatic heterocycles. The van der Waals surface area contributed by atoms with Gasteiger partial charge in [0.1, 0.15) is 0 Å².